The summed E-state index contributed by atoms with van der Waals surface area (Å²) >= 11 is 13.6. The van der Waals surface area contributed by atoms with Crippen LogP contribution >= 0.6 is 34.5 Å². The summed E-state index contributed by atoms with van der Waals surface area (Å²) in [4.78, 5) is 18.6. The van der Waals surface area contributed by atoms with Gasteiger partial charge in [-0.2, -0.15) is 9.78 Å². The Morgan fingerprint density at radius 1 is 1.32 bits per heavy atom. The molecule has 0 spiro atoms. The average Bonchev–Trinajstić information content (AvgIpc) is 2.78. The highest BCUT2D eigenvalue weighted by atomic mass is 35.5. The van der Waals surface area contributed by atoms with Gasteiger partial charge in [0.1, 0.15) is 11.2 Å². The lowest BCUT2D eigenvalue weighted by Crippen LogP contribution is -2.17. The summed E-state index contributed by atoms with van der Waals surface area (Å²) in [5.74, 6) is 0. The van der Waals surface area contributed by atoms with E-state index in [0.717, 1.165) is 15.3 Å². The molecule has 0 aliphatic heterocycles. The maximum atomic E-state index is 12.5. The molecule has 0 fully saturated rings. The molecule has 0 bridgehead atoms. The van der Waals surface area contributed by atoms with E-state index >= 15 is 0 Å². The van der Waals surface area contributed by atoms with Crippen LogP contribution in [0.1, 0.15) is 16.0 Å². The van der Waals surface area contributed by atoms with Crippen LogP contribution in [0.5, 0.6) is 0 Å². The SMILES string of the molecule is Cc1sc2ncn(/N=C\c3cccc(Cl)c3Cl)c(=O)c2c1C. The average molecular weight is 352 g/mol. The molecule has 2 heterocycles. The van der Waals surface area contributed by atoms with Gasteiger partial charge in [0.15, 0.2) is 0 Å². The first-order chi connectivity index (χ1) is 10.5. The van der Waals surface area contributed by atoms with Gasteiger partial charge >= 0.3 is 0 Å². The second-order valence-electron chi connectivity index (χ2n) is 4.75. The van der Waals surface area contributed by atoms with Crippen LogP contribution in [0.4, 0.5) is 0 Å². The van der Waals surface area contributed by atoms with Crippen LogP contribution in [0.3, 0.4) is 0 Å². The van der Waals surface area contributed by atoms with Crippen molar-refractivity contribution in [2.24, 2.45) is 5.10 Å². The van der Waals surface area contributed by atoms with Crippen LogP contribution in [0, 0.1) is 13.8 Å². The van der Waals surface area contributed by atoms with E-state index in [1.54, 1.807) is 18.2 Å². The normalized spacial score (nSPS) is 11.6. The number of hydrogen-bond acceptors (Lipinski definition) is 4. The molecule has 7 heteroatoms. The Kier molecular flexibility index (Phi) is 4.04. The van der Waals surface area contributed by atoms with E-state index in [1.165, 1.54) is 28.6 Å². The maximum absolute atomic E-state index is 12.5. The molecule has 0 aliphatic carbocycles. The van der Waals surface area contributed by atoms with Gasteiger partial charge in [0.05, 0.1) is 21.6 Å². The molecule has 0 aliphatic rings. The predicted molar refractivity (Wildman–Crippen MR) is 92.8 cm³/mol. The van der Waals surface area contributed by atoms with Crippen molar-refractivity contribution in [2.75, 3.05) is 0 Å². The first kappa shape index (κ1) is 15.2. The van der Waals surface area contributed by atoms with Gasteiger partial charge in [-0.3, -0.25) is 4.79 Å². The number of fused-ring (bicyclic) bond motifs is 1. The van der Waals surface area contributed by atoms with Gasteiger partial charge in [-0.1, -0.05) is 35.3 Å². The second-order valence-corrected chi connectivity index (χ2v) is 6.73. The molecule has 3 aromatic rings. The first-order valence-corrected chi connectivity index (χ1v) is 8.02. The van der Waals surface area contributed by atoms with Crippen molar-refractivity contribution >= 4 is 51.0 Å². The number of nitrogens with zero attached hydrogens (tertiary/aromatic N) is 3. The molecule has 3 rings (SSSR count). The number of aromatic nitrogens is 2. The molecule has 0 amide bonds. The molecule has 2 aromatic heterocycles. The maximum Gasteiger partial charge on any atom is 0.282 e. The topological polar surface area (TPSA) is 47.2 Å². The highest BCUT2D eigenvalue weighted by Crippen LogP contribution is 2.26. The van der Waals surface area contributed by atoms with E-state index < -0.39 is 0 Å². The second kappa shape index (κ2) is 5.83. The van der Waals surface area contributed by atoms with Gasteiger partial charge in [0.25, 0.3) is 5.56 Å². The van der Waals surface area contributed by atoms with Crippen molar-refractivity contribution in [1.29, 1.82) is 0 Å². The Balaban J connectivity index is 2.10. The molecule has 112 valence electrons. The largest absolute Gasteiger partial charge is 0.282 e. The summed E-state index contributed by atoms with van der Waals surface area (Å²) < 4.78 is 1.21. The van der Waals surface area contributed by atoms with E-state index in [0.29, 0.717) is 21.0 Å². The number of benzene rings is 1. The summed E-state index contributed by atoms with van der Waals surface area (Å²) in [5.41, 5.74) is 1.39. The van der Waals surface area contributed by atoms with E-state index in [1.807, 2.05) is 13.8 Å². The van der Waals surface area contributed by atoms with Crippen LogP contribution < -0.4 is 5.56 Å². The molecule has 1 aromatic carbocycles. The van der Waals surface area contributed by atoms with E-state index in [9.17, 15) is 4.79 Å². The molecular formula is C15H11Cl2N3OS. The van der Waals surface area contributed by atoms with Crippen molar-refractivity contribution in [1.82, 2.24) is 9.66 Å². The Labute approximate surface area is 140 Å². The summed E-state index contributed by atoms with van der Waals surface area (Å²) in [6.45, 7) is 3.89. The zero-order chi connectivity index (χ0) is 15.9. The molecule has 0 atom stereocenters. The van der Waals surface area contributed by atoms with Crippen molar-refractivity contribution in [3.05, 3.63) is 60.9 Å². The number of hydrogen-bond donors (Lipinski definition) is 0. The van der Waals surface area contributed by atoms with E-state index in [2.05, 4.69) is 10.1 Å². The molecule has 0 saturated heterocycles. The van der Waals surface area contributed by atoms with Gasteiger partial charge in [0.2, 0.25) is 0 Å². The fourth-order valence-corrected chi connectivity index (χ4v) is 3.40. The van der Waals surface area contributed by atoms with E-state index in [-0.39, 0.29) is 5.56 Å². The smallest absolute Gasteiger partial charge is 0.267 e. The van der Waals surface area contributed by atoms with E-state index in [4.69, 9.17) is 23.2 Å². The highest BCUT2D eigenvalue weighted by molar-refractivity contribution is 7.18. The monoisotopic (exact) mass is 351 g/mol. The zero-order valence-corrected chi connectivity index (χ0v) is 14.1. The number of aryl methyl sites for hydroxylation is 2. The minimum atomic E-state index is -0.193. The quantitative estimate of drug-likeness (QED) is 0.647. The minimum absolute atomic E-state index is 0.193. The molecule has 0 unspecified atom stereocenters. The predicted octanol–water partition coefficient (Wildman–Crippen LogP) is 4.26. The third kappa shape index (κ3) is 2.56. The molecule has 0 saturated carbocycles. The van der Waals surface area contributed by atoms with Gasteiger partial charge in [-0.15, -0.1) is 11.3 Å². The van der Waals surface area contributed by atoms with Gasteiger partial charge < -0.3 is 0 Å². The van der Waals surface area contributed by atoms with Gasteiger partial charge in [-0.05, 0) is 25.5 Å². The van der Waals surface area contributed by atoms with Crippen molar-refractivity contribution in [3.63, 3.8) is 0 Å². The fraction of sp³-hybridized carbons (Fsp3) is 0.133. The zero-order valence-electron chi connectivity index (χ0n) is 11.8. The Morgan fingerprint density at radius 2 is 2.09 bits per heavy atom. The molecular weight excluding hydrogens is 341 g/mol. The summed E-state index contributed by atoms with van der Waals surface area (Å²) in [5, 5.41) is 5.61. The summed E-state index contributed by atoms with van der Waals surface area (Å²) in [6, 6.07) is 5.24. The first-order valence-electron chi connectivity index (χ1n) is 6.44. The lowest BCUT2D eigenvalue weighted by molar-refractivity contribution is 0.818. The molecule has 4 nitrogen and oxygen atoms in total. The lowest BCUT2D eigenvalue weighted by Gasteiger charge is -2.01. The Morgan fingerprint density at radius 3 is 2.86 bits per heavy atom. The third-order valence-electron chi connectivity index (χ3n) is 3.38. The lowest BCUT2D eigenvalue weighted by atomic mass is 10.2. The third-order valence-corrected chi connectivity index (χ3v) is 5.32. The highest BCUT2D eigenvalue weighted by Gasteiger charge is 2.11. The number of rotatable bonds is 2. The Hall–Kier alpha value is -1.69. The van der Waals surface area contributed by atoms with Crippen LogP contribution in [0.15, 0.2) is 34.4 Å². The van der Waals surface area contributed by atoms with Crippen LogP contribution in [0.2, 0.25) is 10.0 Å². The summed E-state index contributed by atoms with van der Waals surface area (Å²) in [7, 11) is 0. The van der Waals surface area contributed by atoms with Crippen molar-refractivity contribution in [3.8, 4) is 0 Å². The van der Waals surface area contributed by atoms with Crippen molar-refractivity contribution in [2.45, 2.75) is 13.8 Å². The fourth-order valence-electron chi connectivity index (χ4n) is 2.05. The standard InChI is InChI=1S/C15H11Cl2N3OS/c1-8-9(2)22-14-12(8)15(21)20(7-18-14)19-6-10-4-3-5-11(16)13(10)17/h3-7H,1-2H3/b19-6-. The number of halogens is 2. The number of thiophene rings is 1. The minimum Gasteiger partial charge on any atom is -0.267 e. The van der Waals surface area contributed by atoms with Gasteiger partial charge in [0, 0.05) is 10.4 Å². The molecule has 0 radical (unpaired) electrons. The van der Waals surface area contributed by atoms with Crippen LogP contribution in [-0.2, 0) is 0 Å². The van der Waals surface area contributed by atoms with Crippen molar-refractivity contribution < 1.29 is 0 Å². The summed E-state index contributed by atoms with van der Waals surface area (Å²) in [6.07, 6.45) is 2.91. The van der Waals surface area contributed by atoms with Gasteiger partial charge in [-0.25, -0.2) is 4.98 Å². The molecule has 22 heavy (non-hydrogen) atoms. The van der Waals surface area contributed by atoms with Crippen LogP contribution in [0.25, 0.3) is 10.2 Å². The Bertz CT molecular complexity index is 959. The van der Waals surface area contributed by atoms with Crippen LogP contribution in [-0.4, -0.2) is 15.9 Å². The molecule has 0 N–H and O–H groups in total.